The Morgan fingerprint density at radius 3 is 2.68 bits per heavy atom. The smallest absolute Gasteiger partial charge is 0.305 e. The Morgan fingerprint density at radius 1 is 1.06 bits per heavy atom. The summed E-state index contributed by atoms with van der Waals surface area (Å²) in [6.07, 6.45) is 17.3. The average Bonchev–Trinajstić information content (AvgIpc) is 3.19. The van der Waals surface area contributed by atoms with E-state index in [1.807, 2.05) is 12.3 Å². The molecule has 1 aromatic heterocycles. The van der Waals surface area contributed by atoms with Crippen molar-refractivity contribution in [3.05, 3.63) is 30.1 Å². The fourth-order valence-electron chi connectivity index (χ4n) is 9.37. The maximum absolute atomic E-state index is 11.6. The number of nitrogens with zero attached hydrogens (tertiary/aromatic N) is 1. The molecule has 188 valence electrons. The number of hydrogen-bond donors (Lipinski definition) is 1. The summed E-state index contributed by atoms with van der Waals surface area (Å²) in [5, 5.41) is 3.85. The van der Waals surface area contributed by atoms with Crippen LogP contribution >= 0.6 is 0 Å². The van der Waals surface area contributed by atoms with E-state index in [2.05, 4.69) is 36.3 Å². The first kappa shape index (κ1) is 24.3. The zero-order chi connectivity index (χ0) is 23.8. The Kier molecular flexibility index (Phi) is 7.08. The molecular weight excluding hydrogens is 420 g/mol. The molecule has 4 aliphatic carbocycles. The Bertz CT molecular complexity index is 843. The van der Waals surface area contributed by atoms with Gasteiger partial charge in [0.2, 0.25) is 0 Å². The van der Waals surface area contributed by atoms with Crippen molar-refractivity contribution in [2.45, 2.75) is 103 Å². The molecule has 34 heavy (non-hydrogen) atoms. The van der Waals surface area contributed by atoms with Crippen LogP contribution in [0.15, 0.2) is 24.4 Å². The number of pyridine rings is 1. The number of esters is 1. The quantitative estimate of drug-likeness (QED) is 0.463. The van der Waals surface area contributed by atoms with Crippen molar-refractivity contribution in [1.82, 2.24) is 10.3 Å². The van der Waals surface area contributed by atoms with E-state index in [1.54, 1.807) is 0 Å². The second-order valence-corrected chi connectivity index (χ2v) is 12.6. The van der Waals surface area contributed by atoms with E-state index in [4.69, 9.17) is 4.74 Å². The number of methoxy groups -OCH3 is 1. The van der Waals surface area contributed by atoms with Gasteiger partial charge in [0.1, 0.15) is 0 Å². The monoisotopic (exact) mass is 466 g/mol. The topological polar surface area (TPSA) is 51.2 Å². The summed E-state index contributed by atoms with van der Waals surface area (Å²) in [4.78, 5) is 16.1. The Balaban J connectivity index is 1.20. The number of carbonyl (C=O) groups is 1. The third-order valence-corrected chi connectivity index (χ3v) is 11.3. The first-order valence-electron chi connectivity index (χ1n) is 14.1. The second-order valence-electron chi connectivity index (χ2n) is 12.6. The summed E-state index contributed by atoms with van der Waals surface area (Å²) < 4.78 is 4.88. The molecule has 1 N–H and O–H groups in total. The predicted molar refractivity (Wildman–Crippen MR) is 136 cm³/mol. The van der Waals surface area contributed by atoms with Crippen LogP contribution in [0.2, 0.25) is 0 Å². The molecule has 4 saturated carbocycles. The van der Waals surface area contributed by atoms with Gasteiger partial charge in [0.15, 0.2) is 0 Å². The molecular formula is C30H46N2O2. The number of ether oxygens (including phenoxy) is 1. The first-order valence-corrected chi connectivity index (χ1v) is 14.1. The predicted octanol–water partition coefficient (Wildman–Crippen LogP) is 6.54. The third-order valence-electron chi connectivity index (χ3n) is 11.3. The van der Waals surface area contributed by atoms with Gasteiger partial charge in [0.25, 0.3) is 0 Å². The van der Waals surface area contributed by atoms with Crippen molar-refractivity contribution in [2.24, 2.45) is 40.4 Å². The fraction of sp³-hybridized carbons (Fsp3) is 0.800. The molecule has 1 heterocycles. The van der Waals surface area contributed by atoms with Crippen molar-refractivity contribution in [3.8, 4) is 0 Å². The highest BCUT2D eigenvalue weighted by Gasteiger charge is 2.59. The van der Waals surface area contributed by atoms with Crippen LogP contribution in [0.4, 0.5) is 0 Å². The number of nitrogens with one attached hydrogen (secondary N) is 1. The molecule has 1 aromatic rings. The summed E-state index contributed by atoms with van der Waals surface area (Å²) in [5.74, 6) is 4.41. The van der Waals surface area contributed by atoms with Crippen LogP contribution in [0.25, 0.3) is 0 Å². The van der Waals surface area contributed by atoms with E-state index < -0.39 is 0 Å². The van der Waals surface area contributed by atoms with Crippen LogP contribution < -0.4 is 5.32 Å². The molecule has 8 atom stereocenters. The van der Waals surface area contributed by atoms with E-state index in [0.29, 0.717) is 23.3 Å². The van der Waals surface area contributed by atoms with Gasteiger partial charge >= 0.3 is 5.97 Å². The maximum Gasteiger partial charge on any atom is 0.305 e. The molecule has 6 unspecified atom stereocenters. The van der Waals surface area contributed by atoms with Crippen molar-refractivity contribution in [2.75, 3.05) is 7.11 Å². The third kappa shape index (κ3) is 4.45. The van der Waals surface area contributed by atoms with Crippen molar-refractivity contribution in [1.29, 1.82) is 0 Å². The molecule has 0 saturated heterocycles. The summed E-state index contributed by atoms with van der Waals surface area (Å²) in [6.45, 7) is 6.20. The molecule has 4 fully saturated rings. The standard InChI is InChI=1S/C30H46N2O2/c1-29-17-15-27-25(26(29)13-11-21(29)7-6-9-28(33)34-3)12-10-22-19-23(14-16-30(22,27)2)32-20-24-8-4-5-18-31-24/h4-5,8,18,21-23,25-27,32H,6-7,9-17,19-20H2,1-3H3/t21?,22-,23+,25?,26?,27?,29?,30?/m0/s1. The highest BCUT2D eigenvalue weighted by Crippen LogP contribution is 2.67. The molecule has 0 spiro atoms. The minimum absolute atomic E-state index is 0.0419. The van der Waals surface area contributed by atoms with Crippen molar-refractivity contribution < 1.29 is 9.53 Å². The van der Waals surface area contributed by atoms with Gasteiger partial charge in [-0.2, -0.15) is 0 Å². The lowest BCUT2D eigenvalue weighted by Crippen LogP contribution is -2.55. The fourth-order valence-corrected chi connectivity index (χ4v) is 9.37. The van der Waals surface area contributed by atoms with Crippen LogP contribution in [0.1, 0.15) is 96.6 Å². The van der Waals surface area contributed by atoms with Crippen LogP contribution in [0.3, 0.4) is 0 Å². The van der Waals surface area contributed by atoms with Gasteiger partial charge in [-0.3, -0.25) is 9.78 Å². The maximum atomic E-state index is 11.6. The molecule has 0 aromatic carbocycles. The second kappa shape index (κ2) is 9.91. The Labute approximate surface area is 207 Å². The van der Waals surface area contributed by atoms with Crippen LogP contribution in [0.5, 0.6) is 0 Å². The number of rotatable bonds is 7. The lowest BCUT2D eigenvalue weighted by Gasteiger charge is -2.61. The summed E-state index contributed by atoms with van der Waals surface area (Å²) >= 11 is 0. The van der Waals surface area contributed by atoms with E-state index in [-0.39, 0.29) is 5.97 Å². The van der Waals surface area contributed by atoms with E-state index in [0.717, 1.165) is 48.2 Å². The number of fused-ring (bicyclic) bond motifs is 5. The van der Waals surface area contributed by atoms with Gasteiger partial charge in [-0.25, -0.2) is 0 Å². The van der Waals surface area contributed by atoms with Gasteiger partial charge in [-0.1, -0.05) is 19.9 Å². The van der Waals surface area contributed by atoms with E-state index in [9.17, 15) is 4.79 Å². The molecule has 0 radical (unpaired) electrons. The lowest BCUT2D eigenvalue weighted by molar-refractivity contribution is -0.141. The lowest BCUT2D eigenvalue weighted by atomic mass is 9.44. The highest BCUT2D eigenvalue weighted by atomic mass is 16.5. The number of hydrogen-bond acceptors (Lipinski definition) is 4. The van der Waals surface area contributed by atoms with Gasteiger partial charge in [-0.05, 0) is 123 Å². The minimum atomic E-state index is -0.0419. The molecule has 0 amide bonds. The number of aromatic nitrogens is 1. The van der Waals surface area contributed by atoms with Crippen LogP contribution in [-0.2, 0) is 16.1 Å². The van der Waals surface area contributed by atoms with Gasteiger partial charge in [0, 0.05) is 25.2 Å². The Morgan fingerprint density at radius 2 is 1.88 bits per heavy atom. The van der Waals surface area contributed by atoms with Gasteiger partial charge in [-0.15, -0.1) is 0 Å². The van der Waals surface area contributed by atoms with E-state index in [1.165, 1.54) is 71.3 Å². The summed E-state index contributed by atoms with van der Waals surface area (Å²) in [5.41, 5.74) is 2.20. The van der Waals surface area contributed by atoms with Crippen LogP contribution in [-0.4, -0.2) is 24.1 Å². The van der Waals surface area contributed by atoms with Crippen LogP contribution in [0, 0.1) is 40.4 Å². The summed E-state index contributed by atoms with van der Waals surface area (Å²) in [7, 11) is 1.51. The molecule has 0 aliphatic heterocycles. The number of carbonyl (C=O) groups excluding carboxylic acids is 1. The SMILES string of the molecule is COC(=O)CCCC1CCC2C3CC[C@H]4C[C@H](NCc5ccccn5)CCC4(C)C3CCC12C. The minimum Gasteiger partial charge on any atom is -0.469 e. The normalized spacial score (nSPS) is 41.3. The van der Waals surface area contributed by atoms with Gasteiger partial charge in [0.05, 0.1) is 12.8 Å². The zero-order valence-corrected chi connectivity index (χ0v) is 21.7. The molecule has 4 aliphatic rings. The highest BCUT2D eigenvalue weighted by molar-refractivity contribution is 5.68. The van der Waals surface area contributed by atoms with Crippen molar-refractivity contribution in [3.63, 3.8) is 0 Å². The molecule has 0 bridgehead atoms. The Hall–Kier alpha value is -1.42. The van der Waals surface area contributed by atoms with E-state index >= 15 is 0 Å². The summed E-state index contributed by atoms with van der Waals surface area (Å²) in [6, 6.07) is 6.87. The van der Waals surface area contributed by atoms with Crippen molar-refractivity contribution >= 4 is 5.97 Å². The average molecular weight is 467 g/mol. The zero-order valence-electron chi connectivity index (χ0n) is 21.7. The molecule has 4 heteroatoms. The largest absolute Gasteiger partial charge is 0.469 e. The van der Waals surface area contributed by atoms with Gasteiger partial charge < -0.3 is 10.1 Å². The molecule has 5 rings (SSSR count). The first-order chi connectivity index (χ1) is 16.4. The molecule has 4 nitrogen and oxygen atoms in total.